The van der Waals surface area contributed by atoms with Gasteiger partial charge in [-0.3, -0.25) is 30.1 Å². The van der Waals surface area contributed by atoms with Gasteiger partial charge >= 0.3 is 0 Å². The van der Waals surface area contributed by atoms with Gasteiger partial charge in [-0.05, 0) is 30.2 Å². The second-order valence-electron chi connectivity index (χ2n) is 7.92. The summed E-state index contributed by atoms with van der Waals surface area (Å²) in [6.07, 6.45) is 0.698. The number of hydrogen-bond acceptors (Lipinski definition) is 6. The second-order valence-corrected chi connectivity index (χ2v) is 7.92. The summed E-state index contributed by atoms with van der Waals surface area (Å²) in [5.41, 5.74) is 6.18. The Labute approximate surface area is 191 Å². The van der Waals surface area contributed by atoms with Crippen LogP contribution in [0.2, 0.25) is 0 Å². The summed E-state index contributed by atoms with van der Waals surface area (Å²) in [6, 6.07) is 14.1. The van der Waals surface area contributed by atoms with Crippen LogP contribution in [0.5, 0.6) is 0 Å². The van der Waals surface area contributed by atoms with E-state index < -0.39 is 11.8 Å². The number of carbonyl (C=O) groups is 2. The number of hydrogen-bond donors (Lipinski definition) is 2. The lowest BCUT2D eigenvalue weighted by Crippen LogP contribution is -2.43. The van der Waals surface area contributed by atoms with E-state index in [9.17, 15) is 14.4 Å². The van der Waals surface area contributed by atoms with E-state index >= 15 is 0 Å². The first-order chi connectivity index (χ1) is 16.1. The maximum atomic E-state index is 12.9. The summed E-state index contributed by atoms with van der Waals surface area (Å²) in [5, 5.41) is 5.09. The Morgan fingerprint density at radius 3 is 2.48 bits per heavy atom. The van der Waals surface area contributed by atoms with Gasteiger partial charge < -0.3 is 4.74 Å². The van der Waals surface area contributed by atoms with Crippen LogP contribution in [0.3, 0.4) is 0 Å². The molecule has 0 bridgehead atoms. The first-order valence-corrected chi connectivity index (χ1v) is 11.1. The minimum Gasteiger partial charge on any atom is -0.379 e. The molecule has 0 aliphatic carbocycles. The van der Waals surface area contributed by atoms with Crippen molar-refractivity contribution in [3.63, 3.8) is 0 Å². The van der Waals surface area contributed by atoms with Gasteiger partial charge in [0.2, 0.25) is 0 Å². The van der Waals surface area contributed by atoms with Crippen molar-refractivity contribution >= 4 is 22.6 Å². The van der Waals surface area contributed by atoms with Crippen LogP contribution in [0, 0.1) is 0 Å². The zero-order valence-electron chi connectivity index (χ0n) is 18.5. The molecule has 33 heavy (non-hydrogen) atoms. The van der Waals surface area contributed by atoms with Crippen molar-refractivity contribution in [2.45, 2.75) is 26.4 Å². The molecule has 1 aromatic heterocycles. The maximum absolute atomic E-state index is 12.9. The van der Waals surface area contributed by atoms with Crippen molar-refractivity contribution in [2.24, 2.45) is 0 Å². The van der Waals surface area contributed by atoms with Gasteiger partial charge in [-0.15, -0.1) is 0 Å². The fourth-order valence-corrected chi connectivity index (χ4v) is 3.84. The predicted molar refractivity (Wildman–Crippen MR) is 124 cm³/mol. The third kappa shape index (κ3) is 5.27. The lowest BCUT2D eigenvalue weighted by molar-refractivity contribution is 0.0342. The Bertz CT molecular complexity index is 1220. The molecule has 1 saturated heterocycles. The monoisotopic (exact) mass is 449 g/mol. The van der Waals surface area contributed by atoms with Crippen LogP contribution in [0.15, 0.2) is 53.3 Å². The Balaban J connectivity index is 1.47. The molecule has 0 radical (unpaired) electrons. The maximum Gasteiger partial charge on any atom is 0.290 e. The number of nitrogens with zero attached hydrogens (tertiary/aromatic N) is 3. The molecule has 172 valence electrons. The molecule has 0 saturated carbocycles. The van der Waals surface area contributed by atoms with Gasteiger partial charge in [0, 0.05) is 37.1 Å². The zero-order chi connectivity index (χ0) is 23.2. The first kappa shape index (κ1) is 22.6. The van der Waals surface area contributed by atoms with Crippen molar-refractivity contribution in [2.75, 3.05) is 26.3 Å². The summed E-state index contributed by atoms with van der Waals surface area (Å²) in [5.74, 6) is -1.02. The molecule has 3 aromatic rings. The SMILES string of the molecule is CCCn1nc(C(=O)NNC(=O)c2cccc(CN3CCOCC3)c2)c2ccccc2c1=O. The minimum absolute atomic E-state index is 0.0834. The van der Waals surface area contributed by atoms with Gasteiger partial charge in [0.1, 0.15) is 0 Å². The highest BCUT2D eigenvalue weighted by Crippen LogP contribution is 2.14. The number of benzene rings is 2. The number of nitrogens with one attached hydrogen (secondary N) is 2. The van der Waals surface area contributed by atoms with E-state index in [2.05, 4.69) is 20.9 Å². The molecule has 0 spiro atoms. The van der Waals surface area contributed by atoms with E-state index in [4.69, 9.17) is 4.74 Å². The van der Waals surface area contributed by atoms with Gasteiger partial charge in [0.05, 0.1) is 18.6 Å². The normalized spacial score (nSPS) is 14.2. The third-order valence-electron chi connectivity index (χ3n) is 5.51. The minimum atomic E-state index is -0.589. The van der Waals surface area contributed by atoms with Crippen molar-refractivity contribution in [1.29, 1.82) is 0 Å². The number of hydrazine groups is 1. The van der Waals surface area contributed by atoms with Crippen LogP contribution >= 0.6 is 0 Å². The summed E-state index contributed by atoms with van der Waals surface area (Å²) in [4.78, 5) is 40.4. The Morgan fingerprint density at radius 1 is 1.00 bits per heavy atom. The van der Waals surface area contributed by atoms with E-state index in [1.807, 2.05) is 25.1 Å². The van der Waals surface area contributed by atoms with E-state index in [-0.39, 0.29) is 11.3 Å². The van der Waals surface area contributed by atoms with E-state index in [0.29, 0.717) is 42.5 Å². The van der Waals surface area contributed by atoms with Gasteiger partial charge in [-0.25, -0.2) is 4.68 Å². The highest BCUT2D eigenvalue weighted by atomic mass is 16.5. The number of morpholine rings is 1. The molecule has 1 aliphatic heterocycles. The van der Waals surface area contributed by atoms with Crippen molar-refractivity contribution < 1.29 is 14.3 Å². The Hall–Kier alpha value is -3.56. The number of amides is 2. The highest BCUT2D eigenvalue weighted by molar-refractivity contribution is 6.06. The number of carbonyl (C=O) groups excluding carboxylic acids is 2. The topological polar surface area (TPSA) is 106 Å². The van der Waals surface area contributed by atoms with Crippen LogP contribution in [0.1, 0.15) is 39.8 Å². The summed E-state index contributed by atoms with van der Waals surface area (Å²) < 4.78 is 6.66. The first-order valence-electron chi connectivity index (χ1n) is 11.1. The number of rotatable bonds is 6. The van der Waals surface area contributed by atoms with Gasteiger partial charge in [0.25, 0.3) is 17.4 Å². The average Bonchev–Trinajstić information content (AvgIpc) is 2.85. The second kappa shape index (κ2) is 10.4. The van der Waals surface area contributed by atoms with E-state index in [1.54, 1.807) is 30.3 Å². The molecule has 0 unspecified atom stereocenters. The number of aryl methyl sites for hydroxylation is 1. The molecule has 2 amide bonds. The van der Waals surface area contributed by atoms with Crippen LogP contribution in [-0.4, -0.2) is 52.8 Å². The van der Waals surface area contributed by atoms with Crippen LogP contribution in [-0.2, 0) is 17.8 Å². The van der Waals surface area contributed by atoms with Crippen molar-refractivity contribution in [3.05, 3.63) is 75.7 Å². The van der Waals surface area contributed by atoms with Crippen LogP contribution in [0.25, 0.3) is 10.8 Å². The molecule has 4 rings (SSSR count). The molecular formula is C24H27N5O4. The fraction of sp³-hybridized carbons (Fsp3) is 0.333. The van der Waals surface area contributed by atoms with Crippen LogP contribution < -0.4 is 16.4 Å². The smallest absolute Gasteiger partial charge is 0.290 e. The molecule has 9 heteroatoms. The average molecular weight is 450 g/mol. The third-order valence-corrected chi connectivity index (χ3v) is 5.51. The van der Waals surface area contributed by atoms with E-state index in [1.165, 1.54) is 4.68 Å². The van der Waals surface area contributed by atoms with E-state index in [0.717, 1.165) is 25.2 Å². The summed E-state index contributed by atoms with van der Waals surface area (Å²) >= 11 is 0. The van der Waals surface area contributed by atoms with Crippen molar-refractivity contribution in [3.8, 4) is 0 Å². The van der Waals surface area contributed by atoms with Crippen LogP contribution in [0.4, 0.5) is 0 Å². The molecule has 2 heterocycles. The van der Waals surface area contributed by atoms with Crippen molar-refractivity contribution in [1.82, 2.24) is 25.5 Å². The Morgan fingerprint density at radius 2 is 1.73 bits per heavy atom. The predicted octanol–water partition coefficient (Wildman–Crippen LogP) is 1.71. The molecule has 9 nitrogen and oxygen atoms in total. The standard InChI is InChI=1S/C24H27N5O4/c1-2-10-29-24(32)20-9-4-3-8-19(20)21(27-29)23(31)26-25-22(30)18-7-5-6-17(15-18)16-28-11-13-33-14-12-28/h3-9,15H,2,10-14,16H2,1H3,(H,25,30)(H,26,31). The number of aromatic nitrogens is 2. The summed E-state index contributed by atoms with van der Waals surface area (Å²) in [7, 11) is 0. The quantitative estimate of drug-likeness (QED) is 0.555. The highest BCUT2D eigenvalue weighted by Gasteiger charge is 2.18. The molecular weight excluding hydrogens is 422 g/mol. The number of ether oxygens (including phenoxy) is 1. The van der Waals surface area contributed by atoms with Gasteiger partial charge in [-0.2, -0.15) is 5.10 Å². The van der Waals surface area contributed by atoms with Gasteiger partial charge in [-0.1, -0.05) is 37.3 Å². The lowest BCUT2D eigenvalue weighted by Gasteiger charge is -2.26. The fourth-order valence-electron chi connectivity index (χ4n) is 3.84. The lowest BCUT2D eigenvalue weighted by atomic mass is 10.1. The molecule has 0 atom stereocenters. The summed E-state index contributed by atoms with van der Waals surface area (Å²) in [6.45, 7) is 6.18. The molecule has 2 N–H and O–H groups in total. The zero-order valence-corrected chi connectivity index (χ0v) is 18.5. The Kier molecular flexibility index (Phi) is 7.11. The largest absolute Gasteiger partial charge is 0.379 e. The molecule has 1 aliphatic rings. The molecule has 2 aromatic carbocycles. The molecule has 1 fully saturated rings. The van der Waals surface area contributed by atoms with Gasteiger partial charge in [0.15, 0.2) is 5.69 Å². The number of fused-ring (bicyclic) bond motifs is 1.